The SMILES string of the molecule is CS(=O)(=O)Nc1nnc(C2CC2)o1. The highest BCUT2D eigenvalue weighted by molar-refractivity contribution is 7.91. The molecule has 1 aromatic rings. The van der Waals surface area contributed by atoms with E-state index in [-0.39, 0.29) is 6.01 Å². The summed E-state index contributed by atoms with van der Waals surface area (Å²) in [6.07, 6.45) is 3.12. The maximum absolute atomic E-state index is 10.8. The van der Waals surface area contributed by atoms with Crippen LogP contribution in [0, 0.1) is 0 Å². The summed E-state index contributed by atoms with van der Waals surface area (Å²) >= 11 is 0. The fraction of sp³-hybridized carbons (Fsp3) is 0.667. The average Bonchev–Trinajstić information content (AvgIpc) is 2.72. The Labute approximate surface area is 75.4 Å². The molecule has 1 saturated carbocycles. The molecule has 0 aromatic carbocycles. The van der Waals surface area contributed by atoms with Crippen molar-refractivity contribution in [2.24, 2.45) is 0 Å². The molecule has 72 valence electrons. The Bertz CT molecular complexity index is 407. The van der Waals surface area contributed by atoms with Crippen LogP contribution in [0.4, 0.5) is 6.01 Å². The number of hydrogen-bond acceptors (Lipinski definition) is 5. The Morgan fingerprint density at radius 2 is 2.15 bits per heavy atom. The van der Waals surface area contributed by atoms with Crippen LogP contribution in [0.3, 0.4) is 0 Å². The van der Waals surface area contributed by atoms with Crippen molar-refractivity contribution >= 4 is 16.0 Å². The van der Waals surface area contributed by atoms with Crippen molar-refractivity contribution in [3.63, 3.8) is 0 Å². The molecule has 0 aliphatic heterocycles. The minimum absolute atomic E-state index is 0.0515. The summed E-state index contributed by atoms with van der Waals surface area (Å²) in [5.74, 6) is 0.855. The van der Waals surface area contributed by atoms with Gasteiger partial charge in [0.1, 0.15) is 0 Å². The van der Waals surface area contributed by atoms with E-state index < -0.39 is 10.0 Å². The summed E-state index contributed by atoms with van der Waals surface area (Å²) < 4.78 is 28.7. The second-order valence-electron chi connectivity index (χ2n) is 3.09. The summed E-state index contributed by atoms with van der Waals surface area (Å²) in [6, 6.07) is -0.0515. The van der Waals surface area contributed by atoms with E-state index in [4.69, 9.17) is 4.42 Å². The molecule has 0 atom stereocenters. The highest BCUT2D eigenvalue weighted by Crippen LogP contribution is 2.39. The fourth-order valence-corrected chi connectivity index (χ4v) is 1.33. The monoisotopic (exact) mass is 203 g/mol. The number of nitrogens with one attached hydrogen (secondary N) is 1. The third kappa shape index (κ3) is 2.18. The summed E-state index contributed by atoms with van der Waals surface area (Å²) in [5.41, 5.74) is 0. The van der Waals surface area contributed by atoms with Gasteiger partial charge in [-0.15, -0.1) is 5.10 Å². The number of aromatic nitrogens is 2. The predicted octanol–water partition coefficient (Wildman–Crippen LogP) is 0.318. The van der Waals surface area contributed by atoms with E-state index in [9.17, 15) is 8.42 Å². The van der Waals surface area contributed by atoms with Gasteiger partial charge < -0.3 is 4.42 Å². The van der Waals surface area contributed by atoms with Crippen molar-refractivity contribution in [1.29, 1.82) is 0 Å². The molecule has 13 heavy (non-hydrogen) atoms. The Kier molecular flexibility index (Phi) is 1.76. The van der Waals surface area contributed by atoms with Crippen molar-refractivity contribution in [3.05, 3.63) is 5.89 Å². The summed E-state index contributed by atoms with van der Waals surface area (Å²) in [4.78, 5) is 0. The van der Waals surface area contributed by atoms with Gasteiger partial charge in [0, 0.05) is 5.92 Å². The molecule has 1 N–H and O–H groups in total. The number of rotatable bonds is 3. The lowest BCUT2D eigenvalue weighted by molar-refractivity contribution is 0.511. The van der Waals surface area contributed by atoms with Crippen molar-refractivity contribution in [2.45, 2.75) is 18.8 Å². The molecule has 1 aromatic heterocycles. The van der Waals surface area contributed by atoms with E-state index in [1.807, 2.05) is 0 Å². The highest BCUT2D eigenvalue weighted by atomic mass is 32.2. The van der Waals surface area contributed by atoms with E-state index in [0.29, 0.717) is 11.8 Å². The van der Waals surface area contributed by atoms with Gasteiger partial charge in [0.05, 0.1) is 6.26 Å². The Hall–Kier alpha value is -1.11. The van der Waals surface area contributed by atoms with Gasteiger partial charge in [-0.1, -0.05) is 5.10 Å². The van der Waals surface area contributed by atoms with Crippen molar-refractivity contribution in [2.75, 3.05) is 11.0 Å². The third-order valence-electron chi connectivity index (χ3n) is 1.64. The second-order valence-corrected chi connectivity index (χ2v) is 4.84. The van der Waals surface area contributed by atoms with Gasteiger partial charge in [0.25, 0.3) is 0 Å². The van der Waals surface area contributed by atoms with Gasteiger partial charge in [-0.25, -0.2) is 13.1 Å². The van der Waals surface area contributed by atoms with E-state index in [1.54, 1.807) is 0 Å². The first-order valence-electron chi connectivity index (χ1n) is 3.86. The summed E-state index contributed by atoms with van der Waals surface area (Å²) in [5, 5.41) is 7.27. The van der Waals surface area contributed by atoms with Gasteiger partial charge in [-0.3, -0.25) is 0 Å². The molecule has 0 amide bonds. The largest absolute Gasteiger partial charge is 0.407 e. The molecule has 6 nitrogen and oxygen atoms in total. The topological polar surface area (TPSA) is 85.1 Å². The number of anilines is 1. The fourth-order valence-electron chi connectivity index (χ4n) is 0.930. The Morgan fingerprint density at radius 3 is 2.69 bits per heavy atom. The van der Waals surface area contributed by atoms with Crippen LogP contribution in [-0.2, 0) is 10.0 Å². The number of hydrogen-bond donors (Lipinski definition) is 1. The molecule has 1 aliphatic rings. The maximum Gasteiger partial charge on any atom is 0.329 e. The van der Waals surface area contributed by atoms with Crippen LogP contribution in [0.1, 0.15) is 24.7 Å². The maximum atomic E-state index is 10.8. The zero-order chi connectivity index (χ0) is 9.47. The van der Waals surface area contributed by atoms with E-state index in [0.717, 1.165) is 19.1 Å². The van der Waals surface area contributed by atoms with Crippen LogP contribution >= 0.6 is 0 Å². The molecule has 7 heteroatoms. The van der Waals surface area contributed by atoms with Crippen molar-refractivity contribution in [1.82, 2.24) is 10.2 Å². The van der Waals surface area contributed by atoms with Gasteiger partial charge in [-0.05, 0) is 12.8 Å². The van der Waals surface area contributed by atoms with Crippen LogP contribution < -0.4 is 4.72 Å². The number of nitrogens with zero attached hydrogens (tertiary/aromatic N) is 2. The first kappa shape index (κ1) is 8.49. The Morgan fingerprint density at radius 1 is 1.46 bits per heavy atom. The molecule has 1 heterocycles. The molecule has 0 spiro atoms. The van der Waals surface area contributed by atoms with Crippen molar-refractivity contribution < 1.29 is 12.8 Å². The average molecular weight is 203 g/mol. The van der Waals surface area contributed by atoms with Crippen LogP contribution in [0.15, 0.2) is 4.42 Å². The lowest BCUT2D eigenvalue weighted by Gasteiger charge is -1.94. The standard InChI is InChI=1S/C6H9N3O3S/c1-13(10,11)9-6-8-7-5(12-6)4-2-3-4/h4H,2-3H2,1H3,(H,8,9). The van der Waals surface area contributed by atoms with Gasteiger partial charge in [0.15, 0.2) is 0 Å². The normalized spacial score (nSPS) is 17.3. The lowest BCUT2D eigenvalue weighted by atomic mass is 10.4. The third-order valence-corrected chi connectivity index (χ3v) is 2.19. The molecule has 0 bridgehead atoms. The quantitative estimate of drug-likeness (QED) is 0.764. The molecule has 0 unspecified atom stereocenters. The number of sulfonamides is 1. The molecule has 0 saturated heterocycles. The van der Waals surface area contributed by atoms with Gasteiger partial charge >= 0.3 is 6.01 Å². The molecule has 2 rings (SSSR count). The minimum Gasteiger partial charge on any atom is -0.407 e. The van der Waals surface area contributed by atoms with E-state index in [1.165, 1.54) is 0 Å². The highest BCUT2D eigenvalue weighted by Gasteiger charge is 2.29. The zero-order valence-electron chi connectivity index (χ0n) is 7.02. The van der Waals surface area contributed by atoms with Crippen LogP contribution in [-0.4, -0.2) is 24.9 Å². The van der Waals surface area contributed by atoms with Crippen molar-refractivity contribution in [3.8, 4) is 0 Å². The molecular weight excluding hydrogens is 194 g/mol. The summed E-state index contributed by atoms with van der Waals surface area (Å²) in [6.45, 7) is 0. The second kappa shape index (κ2) is 2.69. The first-order valence-corrected chi connectivity index (χ1v) is 5.75. The lowest BCUT2D eigenvalue weighted by Crippen LogP contribution is -2.09. The smallest absolute Gasteiger partial charge is 0.329 e. The van der Waals surface area contributed by atoms with Crippen LogP contribution in [0.2, 0.25) is 0 Å². The molecule has 1 aliphatic carbocycles. The minimum atomic E-state index is -3.32. The molecular formula is C6H9N3O3S. The van der Waals surface area contributed by atoms with E-state index >= 15 is 0 Å². The van der Waals surface area contributed by atoms with Gasteiger partial charge in [0.2, 0.25) is 15.9 Å². The first-order chi connectivity index (χ1) is 6.04. The van der Waals surface area contributed by atoms with E-state index in [2.05, 4.69) is 14.9 Å². The Balaban J connectivity index is 2.13. The molecule has 1 fully saturated rings. The van der Waals surface area contributed by atoms with Gasteiger partial charge in [-0.2, -0.15) is 0 Å². The zero-order valence-corrected chi connectivity index (χ0v) is 7.84. The summed E-state index contributed by atoms with van der Waals surface area (Å²) in [7, 11) is -3.32. The molecule has 0 radical (unpaired) electrons. The predicted molar refractivity (Wildman–Crippen MR) is 44.7 cm³/mol. The van der Waals surface area contributed by atoms with Crippen LogP contribution in [0.25, 0.3) is 0 Å². The van der Waals surface area contributed by atoms with Crippen LogP contribution in [0.5, 0.6) is 0 Å².